The number of ketones is 1. The molecular weight excluding hydrogens is 410 g/mol. The Hall–Kier alpha value is -4.58. The lowest BCUT2D eigenvalue weighted by atomic mass is 10.0. The number of benzene rings is 3. The molecule has 2 heterocycles. The number of carbonyl (C=O) groups is 1. The lowest BCUT2D eigenvalue weighted by Crippen LogP contribution is -1.94. The number of para-hydroxylation sites is 1. The van der Waals surface area contributed by atoms with Crippen LogP contribution in [0.4, 0.5) is 0 Å². The van der Waals surface area contributed by atoms with Crippen molar-refractivity contribution in [2.45, 2.75) is 6.92 Å². The van der Waals surface area contributed by atoms with Crippen molar-refractivity contribution in [1.29, 1.82) is 0 Å². The van der Waals surface area contributed by atoms with Gasteiger partial charge in [0.25, 0.3) is 0 Å². The number of hydrogen-bond donors (Lipinski definition) is 1. The van der Waals surface area contributed by atoms with E-state index in [-0.39, 0.29) is 5.78 Å². The molecule has 0 aliphatic heterocycles. The maximum atomic E-state index is 10.6. The van der Waals surface area contributed by atoms with Crippen LogP contribution in [0.25, 0.3) is 27.7 Å². The maximum absolute atomic E-state index is 10.6. The average molecular weight is 434 g/mol. The van der Waals surface area contributed by atoms with Crippen molar-refractivity contribution in [3.63, 3.8) is 0 Å². The summed E-state index contributed by atoms with van der Waals surface area (Å²) >= 11 is 0. The van der Waals surface area contributed by atoms with Crippen molar-refractivity contribution >= 4 is 22.8 Å². The molecule has 0 aliphatic rings. The van der Waals surface area contributed by atoms with Crippen LogP contribution < -0.4 is 5.84 Å². The first-order chi connectivity index (χ1) is 16.2. The Morgan fingerprint density at radius 2 is 1.61 bits per heavy atom. The normalized spacial score (nSPS) is 10.7. The summed E-state index contributed by atoms with van der Waals surface area (Å²) < 4.78 is 1.85. The van der Waals surface area contributed by atoms with Crippen molar-refractivity contribution in [2.24, 2.45) is 10.9 Å². The fourth-order valence-electron chi connectivity index (χ4n) is 3.42. The van der Waals surface area contributed by atoms with Crippen LogP contribution in [0.15, 0.2) is 109 Å². The first-order valence-electron chi connectivity index (χ1n) is 10.4. The van der Waals surface area contributed by atoms with Gasteiger partial charge in [0.1, 0.15) is 5.69 Å². The molecule has 162 valence electrons. The number of nitrogens with zero attached hydrogens (tertiary/aromatic N) is 4. The lowest BCUT2D eigenvalue weighted by Gasteiger charge is -2.03. The summed E-state index contributed by atoms with van der Waals surface area (Å²) in [5, 5.41) is 10.8. The highest BCUT2D eigenvalue weighted by Gasteiger charge is 2.11. The number of pyridine rings is 1. The highest BCUT2D eigenvalue weighted by atomic mass is 16.1. The van der Waals surface area contributed by atoms with Gasteiger partial charge in [0.2, 0.25) is 0 Å². The number of fused-ring (bicyclic) bond motifs is 1. The second-order valence-electron chi connectivity index (χ2n) is 7.35. The van der Waals surface area contributed by atoms with Crippen LogP contribution in [-0.2, 0) is 0 Å². The highest BCUT2D eigenvalue weighted by Crippen LogP contribution is 2.26. The molecule has 0 fully saturated rings. The van der Waals surface area contributed by atoms with E-state index in [1.807, 2.05) is 53.3 Å². The molecule has 6 heteroatoms. The lowest BCUT2D eigenvalue weighted by molar-refractivity contribution is 0.101. The van der Waals surface area contributed by atoms with Crippen LogP contribution in [0.1, 0.15) is 22.8 Å². The molecule has 5 aromatic rings. The van der Waals surface area contributed by atoms with E-state index >= 15 is 0 Å². The fourth-order valence-corrected chi connectivity index (χ4v) is 3.42. The predicted molar refractivity (Wildman–Crippen MR) is 133 cm³/mol. The Morgan fingerprint density at radius 3 is 2.27 bits per heavy atom. The standard InChI is InChI=1S/C20H16N4.C7H7NO/c21-22-13-18-14-24(19-8-2-1-3-9-19)23-20(18)17-11-10-15-6-4-5-7-16(15)12-17;1-6(9)7-2-4-8-5-3-7/h1-14H,21H2;2-5H,1H3/b22-13+;. The van der Waals surface area contributed by atoms with Gasteiger partial charge in [0.15, 0.2) is 5.78 Å². The Bertz CT molecular complexity index is 1390. The molecule has 0 amide bonds. The zero-order valence-corrected chi connectivity index (χ0v) is 18.2. The molecule has 0 spiro atoms. The van der Waals surface area contributed by atoms with Crippen LogP contribution >= 0.6 is 0 Å². The molecule has 2 aromatic heterocycles. The molecule has 0 aliphatic carbocycles. The van der Waals surface area contributed by atoms with E-state index in [9.17, 15) is 4.79 Å². The van der Waals surface area contributed by atoms with Gasteiger partial charge < -0.3 is 5.84 Å². The van der Waals surface area contributed by atoms with Crippen LogP contribution in [0.3, 0.4) is 0 Å². The van der Waals surface area contributed by atoms with E-state index in [0.717, 1.165) is 22.5 Å². The second kappa shape index (κ2) is 10.2. The summed E-state index contributed by atoms with van der Waals surface area (Å²) in [5.41, 5.74) is 4.50. The second-order valence-corrected chi connectivity index (χ2v) is 7.35. The maximum Gasteiger partial charge on any atom is 0.159 e. The Balaban J connectivity index is 0.000000243. The Labute approximate surface area is 192 Å². The quantitative estimate of drug-likeness (QED) is 0.181. The Kier molecular flexibility index (Phi) is 6.66. The third-order valence-corrected chi connectivity index (χ3v) is 5.09. The van der Waals surface area contributed by atoms with Gasteiger partial charge in [-0.25, -0.2) is 4.68 Å². The van der Waals surface area contributed by atoms with E-state index in [2.05, 4.69) is 40.4 Å². The fraction of sp³-hybridized carbons (Fsp3) is 0.0370. The number of aromatic nitrogens is 3. The molecule has 2 N–H and O–H groups in total. The SMILES string of the molecule is CC(=O)c1ccncc1.N/N=C/c1cn(-c2ccccc2)nc1-c1ccc2ccccc2c1. The summed E-state index contributed by atoms with van der Waals surface area (Å²) in [6, 6.07) is 28.0. The van der Waals surface area contributed by atoms with E-state index in [4.69, 9.17) is 10.9 Å². The molecule has 5 rings (SSSR count). The molecule has 0 saturated carbocycles. The predicted octanol–water partition coefficient (Wildman–Crippen LogP) is 5.27. The first kappa shape index (κ1) is 21.6. The molecule has 0 bridgehead atoms. The number of carbonyl (C=O) groups excluding carboxylic acids is 1. The smallest absolute Gasteiger partial charge is 0.159 e. The molecule has 33 heavy (non-hydrogen) atoms. The van der Waals surface area contributed by atoms with Gasteiger partial charge in [-0.1, -0.05) is 54.6 Å². The number of rotatable bonds is 4. The van der Waals surface area contributed by atoms with Crippen molar-refractivity contribution in [3.05, 3.63) is 115 Å². The molecule has 0 saturated heterocycles. The van der Waals surface area contributed by atoms with Crippen LogP contribution in [0.2, 0.25) is 0 Å². The molecular formula is C27H23N5O. The minimum Gasteiger partial charge on any atom is -0.323 e. The largest absolute Gasteiger partial charge is 0.323 e. The van der Waals surface area contributed by atoms with E-state index in [1.165, 1.54) is 17.7 Å². The van der Waals surface area contributed by atoms with Gasteiger partial charge in [0.05, 0.1) is 11.9 Å². The Morgan fingerprint density at radius 1 is 0.909 bits per heavy atom. The minimum absolute atomic E-state index is 0.0809. The van der Waals surface area contributed by atoms with Gasteiger partial charge in [-0.15, -0.1) is 0 Å². The van der Waals surface area contributed by atoms with Gasteiger partial charge in [0, 0.05) is 35.3 Å². The molecule has 6 nitrogen and oxygen atoms in total. The summed E-state index contributed by atoms with van der Waals surface area (Å²) in [6.07, 6.45) is 6.79. The van der Waals surface area contributed by atoms with E-state index in [0.29, 0.717) is 5.56 Å². The minimum atomic E-state index is 0.0809. The summed E-state index contributed by atoms with van der Waals surface area (Å²) in [7, 11) is 0. The van der Waals surface area contributed by atoms with Crippen LogP contribution in [0, 0.1) is 0 Å². The number of Topliss-reactive ketones (excluding diaryl/α,β-unsaturated/α-hetero) is 1. The third-order valence-electron chi connectivity index (χ3n) is 5.09. The summed E-state index contributed by atoms with van der Waals surface area (Å²) in [4.78, 5) is 14.4. The van der Waals surface area contributed by atoms with E-state index < -0.39 is 0 Å². The van der Waals surface area contributed by atoms with Crippen molar-refractivity contribution in [2.75, 3.05) is 0 Å². The zero-order valence-electron chi connectivity index (χ0n) is 18.2. The van der Waals surface area contributed by atoms with Crippen LogP contribution in [0.5, 0.6) is 0 Å². The molecule has 3 aromatic carbocycles. The zero-order chi connectivity index (χ0) is 23.0. The number of hydrazone groups is 1. The first-order valence-corrected chi connectivity index (χ1v) is 10.4. The van der Waals surface area contributed by atoms with Crippen molar-refractivity contribution in [1.82, 2.24) is 14.8 Å². The summed E-state index contributed by atoms with van der Waals surface area (Å²) in [6.45, 7) is 1.54. The number of hydrogen-bond acceptors (Lipinski definition) is 5. The van der Waals surface area contributed by atoms with Crippen molar-refractivity contribution in [3.8, 4) is 16.9 Å². The molecule has 0 radical (unpaired) electrons. The molecule has 0 unspecified atom stereocenters. The van der Waals surface area contributed by atoms with Gasteiger partial charge in [-0.2, -0.15) is 10.2 Å². The van der Waals surface area contributed by atoms with Crippen molar-refractivity contribution < 1.29 is 4.79 Å². The highest BCUT2D eigenvalue weighted by molar-refractivity contribution is 5.94. The third kappa shape index (κ3) is 5.19. The van der Waals surface area contributed by atoms with Gasteiger partial charge in [-0.3, -0.25) is 9.78 Å². The van der Waals surface area contributed by atoms with E-state index in [1.54, 1.807) is 30.7 Å². The van der Waals surface area contributed by atoms with Gasteiger partial charge in [-0.05, 0) is 48.0 Å². The molecule has 0 atom stereocenters. The number of nitrogens with two attached hydrogens (primary N) is 1. The summed E-state index contributed by atoms with van der Waals surface area (Å²) in [5.74, 6) is 5.46. The monoisotopic (exact) mass is 433 g/mol. The topological polar surface area (TPSA) is 86.2 Å². The average Bonchev–Trinajstić information content (AvgIpc) is 3.29. The van der Waals surface area contributed by atoms with Crippen LogP contribution in [-0.4, -0.2) is 26.8 Å². The van der Waals surface area contributed by atoms with Gasteiger partial charge >= 0.3 is 0 Å².